The Balaban J connectivity index is -0.0000000369. The molecular weight excluding hydrogens is 707 g/mol. The van der Waals surface area contributed by atoms with E-state index in [0.717, 1.165) is 0 Å². The Morgan fingerprint density at radius 1 is 0.294 bits per heavy atom. The smallest absolute Gasteiger partial charge is 0.405 e. The van der Waals surface area contributed by atoms with Crippen molar-refractivity contribution < 1.29 is 131 Å². The number of halogens is 4. The number of hydrogen-bond donors (Lipinski definition) is 0. The van der Waals surface area contributed by atoms with Gasteiger partial charge in [0.05, 0.1) is 0 Å². The molecule has 0 bridgehead atoms. The largest absolute Gasteiger partial charge is 4.00 e. The van der Waals surface area contributed by atoms with E-state index in [2.05, 4.69) is 0 Å². The van der Waals surface area contributed by atoms with E-state index < -0.39 is 59.3 Å². The monoisotopic (exact) mass is 703 g/mol. The second-order valence-corrected chi connectivity index (χ2v) is 3.93. The van der Waals surface area contributed by atoms with Crippen molar-refractivity contribution in [3.8, 4) is 0 Å². The van der Waals surface area contributed by atoms with Gasteiger partial charge in [0, 0.05) is 0 Å². The third-order valence-electron chi connectivity index (χ3n) is 0. The van der Waals surface area contributed by atoms with E-state index in [1.54, 1.807) is 0 Å². The fourth-order valence-corrected chi connectivity index (χ4v) is 0. The van der Waals surface area contributed by atoms with E-state index in [-0.39, 0.29) is 21.1 Å². The van der Waals surface area contributed by atoms with E-state index >= 15 is 0 Å². The summed E-state index contributed by atoms with van der Waals surface area (Å²) in [5.74, 6) is 0. The van der Waals surface area contributed by atoms with Gasteiger partial charge in [0.1, 0.15) is 0 Å². The van der Waals surface area contributed by atoms with Crippen LogP contribution in [0.5, 0.6) is 0 Å². The first-order chi connectivity index (χ1) is 6.93. The molecule has 0 aromatic carbocycles. The zero-order valence-corrected chi connectivity index (χ0v) is 15.3. The van der Waals surface area contributed by atoms with Crippen LogP contribution in [0.4, 0.5) is 0 Å². The molecule has 17 heavy (non-hydrogen) atoms. The Hall–Kier alpha value is 2.13. The summed E-state index contributed by atoms with van der Waals surface area (Å²) in [6.07, 6.45) is 0. The summed E-state index contributed by atoms with van der Waals surface area (Å²) in [6.45, 7) is 0. The minimum Gasteiger partial charge on any atom is -0.405 e. The van der Waals surface area contributed by atoms with Crippen LogP contribution in [0.2, 0.25) is 0 Å². The molecule has 0 N–H and O–H groups in total. The summed E-state index contributed by atoms with van der Waals surface area (Å²) in [6, 6.07) is 0. The van der Waals surface area contributed by atoms with E-state index in [4.69, 9.17) is 50.4 Å². The molecule has 0 unspecified atom stereocenters. The first-order valence-corrected chi connectivity index (χ1v) is 9.62. The molecule has 0 rings (SSSR count). The minimum absolute atomic E-state index is 0. The summed E-state index contributed by atoms with van der Waals surface area (Å²) >= 11 is -14.6. The van der Waals surface area contributed by atoms with E-state index in [9.17, 15) is 0 Å². The van der Waals surface area contributed by atoms with Crippen LogP contribution in [0.3, 0.4) is 0 Å². The fourth-order valence-electron chi connectivity index (χ4n) is 0. The summed E-state index contributed by atoms with van der Waals surface area (Å²) in [5, 5.41) is 0. The Kier molecular flexibility index (Phi) is 49.4. The molecule has 0 saturated heterocycles. The Bertz CT molecular complexity index is 61.5. The van der Waals surface area contributed by atoms with Crippen molar-refractivity contribution in [1.82, 2.24) is 0 Å². The summed E-state index contributed by atoms with van der Waals surface area (Å²) < 4.78 is 102. The maximum Gasteiger partial charge on any atom is 4.00 e. The van der Waals surface area contributed by atoms with Gasteiger partial charge in [-0.3, -0.25) is 0 Å². The van der Waals surface area contributed by atoms with Crippen LogP contribution in [0, 0.1) is 59.3 Å². The zero-order valence-electron chi connectivity index (χ0n) is 6.73. The van der Waals surface area contributed by atoms with Crippen molar-refractivity contribution in [2.24, 2.45) is 0 Å². The normalized spacial score (nSPS) is 8.47. The maximum absolute atomic E-state index is 8.52. The molecule has 0 aliphatic heterocycles. The van der Waals surface area contributed by atoms with E-state index in [1.807, 2.05) is 0 Å². The van der Waals surface area contributed by atoms with Crippen molar-refractivity contribution in [2.45, 2.75) is 0 Å². The van der Waals surface area contributed by atoms with Crippen LogP contribution in [0.15, 0.2) is 0 Å². The SMILES string of the molecule is [O-][Br+2]([O-])[O-].[O-][Br+2]([O-])[O-].[O-][Br+2]([O-])[O-].[O-][Br+2]([O-])[O-].[Pt+4]. The summed E-state index contributed by atoms with van der Waals surface area (Å²) in [5.41, 5.74) is 0. The third-order valence-corrected chi connectivity index (χ3v) is 0. The molecule has 110 valence electrons. The molecule has 0 aromatic heterocycles. The molecule has 0 spiro atoms. The molecule has 0 aliphatic rings. The first-order valence-electron chi connectivity index (χ1n) is 1.85. The van der Waals surface area contributed by atoms with Crippen LogP contribution in [0.1, 0.15) is 0 Å². The van der Waals surface area contributed by atoms with Crippen LogP contribution >= 0.6 is 0 Å². The topological polar surface area (TPSA) is 277 Å². The van der Waals surface area contributed by atoms with E-state index in [1.165, 1.54) is 0 Å². The van der Waals surface area contributed by atoms with Gasteiger partial charge in [0.2, 0.25) is 59.3 Å². The third kappa shape index (κ3) is 1040. The van der Waals surface area contributed by atoms with Gasteiger partial charge >= 0.3 is 21.1 Å². The van der Waals surface area contributed by atoms with Gasteiger partial charge < -0.3 is 50.4 Å². The second-order valence-electron chi connectivity index (χ2n) is 0.756. The number of rotatable bonds is 0. The molecule has 0 atom stereocenters. The Morgan fingerprint density at radius 3 is 0.294 bits per heavy atom. The van der Waals surface area contributed by atoms with Crippen LogP contribution in [-0.4, -0.2) is 0 Å². The molecule has 0 aliphatic carbocycles. The molecule has 0 radical (unpaired) electrons. The van der Waals surface area contributed by atoms with Crippen molar-refractivity contribution in [2.75, 3.05) is 0 Å². The Labute approximate surface area is 130 Å². The van der Waals surface area contributed by atoms with Crippen molar-refractivity contribution in [3.63, 3.8) is 0 Å². The average molecular weight is 707 g/mol. The van der Waals surface area contributed by atoms with E-state index in [0.29, 0.717) is 0 Å². The van der Waals surface area contributed by atoms with Crippen LogP contribution in [-0.2, 0) is 21.1 Å². The van der Waals surface area contributed by atoms with Gasteiger partial charge in [-0.2, -0.15) is 0 Å². The van der Waals surface area contributed by atoms with Gasteiger partial charge in [0.15, 0.2) is 0 Å². The summed E-state index contributed by atoms with van der Waals surface area (Å²) in [4.78, 5) is 0. The van der Waals surface area contributed by atoms with Gasteiger partial charge in [-0.05, 0) is 0 Å². The summed E-state index contributed by atoms with van der Waals surface area (Å²) in [7, 11) is 0. The molecule has 0 aromatic rings. The van der Waals surface area contributed by atoms with Gasteiger partial charge in [-0.15, -0.1) is 0 Å². The molecule has 0 amide bonds. The molecule has 0 heterocycles. The molecule has 0 saturated carbocycles. The fraction of sp³-hybridized carbons (Fsp3) is 0. The van der Waals surface area contributed by atoms with Gasteiger partial charge in [-0.25, -0.2) is 0 Å². The molecule has 0 fully saturated rings. The van der Waals surface area contributed by atoms with Crippen LogP contribution in [0.25, 0.3) is 0 Å². The second kappa shape index (κ2) is 26.6. The van der Waals surface area contributed by atoms with Crippen molar-refractivity contribution in [1.29, 1.82) is 0 Å². The molecular formula is Br4O12Pt. The van der Waals surface area contributed by atoms with Gasteiger partial charge in [-0.1, -0.05) is 0 Å². The molecule has 17 heteroatoms. The first kappa shape index (κ1) is 31.5. The average Bonchev–Trinajstić information content (AvgIpc) is 1.76. The predicted octanol–water partition coefficient (Wildman–Crippen LogP) is -14.3. The van der Waals surface area contributed by atoms with Crippen LogP contribution < -0.4 is 50.4 Å². The van der Waals surface area contributed by atoms with Crippen molar-refractivity contribution >= 4 is 0 Å². The quantitative estimate of drug-likeness (QED) is 0.227. The zero-order chi connectivity index (χ0) is 14.3. The minimum atomic E-state index is -3.65. The van der Waals surface area contributed by atoms with Crippen molar-refractivity contribution in [3.05, 3.63) is 0 Å². The molecule has 12 nitrogen and oxygen atoms in total. The predicted molar refractivity (Wildman–Crippen MR) is 0 cm³/mol. The Morgan fingerprint density at radius 2 is 0.294 bits per heavy atom. The maximum atomic E-state index is 8.52. The van der Waals surface area contributed by atoms with Gasteiger partial charge in [0.25, 0.3) is 0 Å². The standard InChI is InChI=1S/4BrO3.Pt/c4*2-1(3)4;/q4*-1;+4. The number of hydrogen-bond acceptors (Lipinski definition) is 12.